The molecule has 0 atom stereocenters. The van der Waals surface area contributed by atoms with Gasteiger partial charge in [-0.3, -0.25) is 9.59 Å². The molecule has 1 aliphatic rings. The normalized spacial score (nSPS) is 16.3. The molecule has 126 valence electrons. The van der Waals surface area contributed by atoms with Gasteiger partial charge >= 0.3 is 5.97 Å². The van der Waals surface area contributed by atoms with Crippen LogP contribution in [0.5, 0.6) is 5.75 Å². The van der Waals surface area contributed by atoms with Crippen molar-refractivity contribution in [3.63, 3.8) is 0 Å². The molecule has 1 fully saturated rings. The second-order valence-electron chi connectivity index (χ2n) is 7.01. The molecule has 5 heteroatoms. The lowest BCUT2D eigenvalue weighted by atomic mass is 9.66. The van der Waals surface area contributed by atoms with E-state index >= 15 is 0 Å². The highest BCUT2D eigenvalue weighted by atomic mass is 16.5. The fraction of sp³-hybridized carbons (Fsp3) is 0.556. The molecule has 0 unspecified atom stereocenters. The van der Waals surface area contributed by atoms with Crippen molar-refractivity contribution >= 4 is 11.9 Å². The summed E-state index contributed by atoms with van der Waals surface area (Å²) in [4.78, 5) is 23.5. The highest BCUT2D eigenvalue weighted by molar-refractivity contribution is 5.85. The maximum Gasteiger partial charge on any atom is 0.310 e. The Hall–Kier alpha value is -2.04. The summed E-state index contributed by atoms with van der Waals surface area (Å²) in [6, 6.07) is 7.76. The third kappa shape index (κ3) is 3.84. The lowest BCUT2D eigenvalue weighted by Crippen LogP contribution is -2.44. The first-order chi connectivity index (χ1) is 10.8. The first-order valence-electron chi connectivity index (χ1n) is 7.94. The standard InChI is InChI=1S/C18H25NO4/c1-17(2,13-6-4-7-14(10-13)23-3)12-19-15(20)11-18(16(21)22)8-5-9-18/h4,6-7,10H,5,8-9,11-12H2,1-3H3,(H,19,20)(H,21,22). The monoisotopic (exact) mass is 319 g/mol. The van der Waals surface area contributed by atoms with Crippen LogP contribution in [0.1, 0.15) is 45.1 Å². The van der Waals surface area contributed by atoms with E-state index in [4.69, 9.17) is 4.74 Å². The first kappa shape index (κ1) is 17.3. The summed E-state index contributed by atoms with van der Waals surface area (Å²) in [6.07, 6.45) is 2.13. The van der Waals surface area contributed by atoms with Gasteiger partial charge in [0.15, 0.2) is 0 Å². The minimum Gasteiger partial charge on any atom is -0.497 e. The number of benzene rings is 1. The lowest BCUT2D eigenvalue weighted by molar-refractivity contribution is -0.157. The Morgan fingerprint density at radius 1 is 1.35 bits per heavy atom. The van der Waals surface area contributed by atoms with Crippen LogP contribution in [0.2, 0.25) is 0 Å². The van der Waals surface area contributed by atoms with Gasteiger partial charge in [-0.1, -0.05) is 32.4 Å². The quantitative estimate of drug-likeness (QED) is 0.810. The van der Waals surface area contributed by atoms with Gasteiger partial charge in [0, 0.05) is 18.4 Å². The van der Waals surface area contributed by atoms with Crippen molar-refractivity contribution in [2.75, 3.05) is 13.7 Å². The number of aliphatic carboxylic acids is 1. The summed E-state index contributed by atoms with van der Waals surface area (Å²) < 4.78 is 5.24. The zero-order valence-corrected chi connectivity index (χ0v) is 14.0. The van der Waals surface area contributed by atoms with E-state index in [1.165, 1.54) is 0 Å². The SMILES string of the molecule is COc1cccc(C(C)(C)CNC(=O)CC2(C(=O)O)CCC2)c1. The predicted molar refractivity (Wildman–Crippen MR) is 87.6 cm³/mol. The van der Waals surface area contributed by atoms with Gasteiger partial charge in [-0.2, -0.15) is 0 Å². The highest BCUT2D eigenvalue weighted by Gasteiger charge is 2.45. The molecule has 2 rings (SSSR count). The van der Waals surface area contributed by atoms with E-state index < -0.39 is 11.4 Å². The van der Waals surface area contributed by atoms with Crippen molar-refractivity contribution in [1.82, 2.24) is 5.32 Å². The van der Waals surface area contributed by atoms with Crippen LogP contribution < -0.4 is 10.1 Å². The maximum atomic E-state index is 12.2. The van der Waals surface area contributed by atoms with Crippen molar-refractivity contribution in [2.45, 2.75) is 44.9 Å². The lowest BCUT2D eigenvalue weighted by Gasteiger charge is -2.37. The van der Waals surface area contributed by atoms with Crippen molar-refractivity contribution in [1.29, 1.82) is 0 Å². The fourth-order valence-corrected chi connectivity index (χ4v) is 2.91. The average molecular weight is 319 g/mol. The van der Waals surface area contributed by atoms with Crippen LogP contribution in [0, 0.1) is 5.41 Å². The minimum atomic E-state index is -0.856. The van der Waals surface area contributed by atoms with Gasteiger partial charge in [-0.05, 0) is 30.5 Å². The smallest absolute Gasteiger partial charge is 0.310 e. The molecule has 0 heterocycles. The van der Waals surface area contributed by atoms with Gasteiger partial charge in [0.05, 0.1) is 12.5 Å². The molecular weight excluding hydrogens is 294 g/mol. The van der Waals surface area contributed by atoms with Crippen LogP contribution in [-0.4, -0.2) is 30.6 Å². The van der Waals surface area contributed by atoms with E-state index in [0.29, 0.717) is 19.4 Å². The van der Waals surface area contributed by atoms with Gasteiger partial charge in [0.1, 0.15) is 5.75 Å². The summed E-state index contributed by atoms with van der Waals surface area (Å²) in [5.74, 6) is -0.268. The number of hydrogen-bond donors (Lipinski definition) is 2. The number of carbonyl (C=O) groups excluding carboxylic acids is 1. The molecule has 0 aromatic heterocycles. The van der Waals surface area contributed by atoms with Gasteiger partial charge < -0.3 is 15.2 Å². The first-order valence-corrected chi connectivity index (χ1v) is 7.94. The molecule has 1 aliphatic carbocycles. The number of ether oxygens (including phenoxy) is 1. The van der Waals surface area contributed by atoms with Crippen LogP contribution >= 0.6 is 0 Å². The number of carboxylic acids is 1. The number of rotatable bonds is 7. The Kier molecular flexibility index (Phi) is 4.97. The summed E-state index contributed by atoms with van der Waals surface area (Å²) in [5.41, 5.74) is -0.0431. The molecule has 2 N–H and O–H groups in total. The van der Waals surface area contributed by atoms with Crippen LogP contribution in [0.15, 0.2) is 24.3 Å². The van der Waals surface area contributed by atoms with Crippen LogP contribution in [0.25, 0.3) is 0 Å². The average Bonchev–Trinajstić information content (AvgIpc) is 2.48. The van der Waals surface area contributed by atoms with E-state index in [1.807, 2.05) is 38.1 Å². The molecule has 0 aliphatic heterocycles. The predicted octanol–water partition coefficient (Wildman–Crippen LogP) is 2.73. The number of methoxy groups -OCH3 is 1. The number of carboxylic acid groups (broad SMARTS) is 1. The van der Waals surface area contributed by atoms with Gasteiger partial charge in [0.25, 0.3) is 0 Å². The van der Waals surface area contributed by atoms with Gasteiger partial charge in [-0.25, -0.2) is 0 Å². The summed E-state index contributed by atoms with van der Waals surface area (Å²) >= 11 is 0. The van der Waals surface area contributed by atoms with E-state index in [-0.39, 0.29) is 17.7 Å². The third-order valence-corrected chi connectivity index (χ3v) is 4.84. The van der Waals surface area contributed by atoms with E-state index in [2.05, 4.69) is 5.32 Å². The zero-order chi connectivity index (χ0) is 17.1. The van der Waals surface area contributed by atoms with Crippen LogP contribution in [0.4, 0.5) is 0 Å². The molecule has 0 spiro atoms. The molecule has 1 saturated carbocycles. The van der Waals surface area contributed by atoms with Gasteiger partial charge in [0.2, 0.25) is 5.91 Å². The molecule has 0 bridgehead atoms. The summed E-state index contributed by atoms with van der Waals surface area (Å²) in [6.45, 7) is 4.53. The molecule has 0 saturated heterocycles. The number of amides is 1. The summed E-state index contributed by atoms with van der Waals surface area (Å²) in [7, 11) is 1.62. The van der Waals surface area contributed by atoms with Crippen molar-refractivity contribution in [3.05, 3.63) is 29.8 Å². The molecule has 0 radical (unpaired) electrons. The Morgan fingerprint density at radius 2 is 2.04 bits per heavy atom. The molecule has 5 nitrogen and oxygen atoms in total. The topological polar surface area (TPSA) is 75.6 Å². The van der Waals surface area contributed by atoms with Crippen molar-refractivity contribution in [3.8, 4) is 5.75 Å². The Balaban J connectivity index is 1.95. The van der Waals surface area contributed by atoms with Crippen LogP contribution in [0.3, 0.4) is 0 Å². The molecule has 23 heavy (non-hydrogen) atoms. The Labute approximate surface area is 137 Å². The largest absolute Gasteiger partial charge is 0.497 e. The number of hydrogen-bond acceptors (Lipinski definition) is 3. The second-order valence-corrected chi connectivity index (χ2v) is 7.01. The summed E-state index contributed by atoms with van der Waals surface area (Å²) in [5, 5.41) is 12.2. The molecule has 1 amide bonds. The maximum absolute atomic E-state index is 12.2. The third-order valence-electron chi connectivity index (χ3n) is 4.84. The highest BCUT2D eigenvalue weighted by Crippen LogP contribution is 2.44. The van der Waals surface area contributed by atoms with Gasteiger partial charge in [-0.15, -0.1) is 0 Å². The zero-order valence-electron chi connectivity index (χ0n) is 14.0. The van der Waals surface area contributed by atoms with E-state index in [0.717, 1.165) is 17.7 Å². The molecule has 1 aromatic rings. The second kappa shape index (κ2) is 6.60. The van der Waals surface area contributed by atoms with E-state index in [1.54, 1.807) is 7.11 Å². The van der Waals surface area contributed by atoms with Crippen molar-refractivity contribution in [2.24, 2.45) is 5.41 Å². The number of nitrogens with one attached hydrogen (secondary N) is 1. The van der Waals surface area contributed by atoms with E-state index in [9.17, 15) is 14.7 Å². The Bertz CT molecular complexity index is 590. The van der Waals surface area contributed by atoms with Crippen LogP contribution in [-0.2, 0) is 15.0 Å². The number of carbonyl (C=O) groups is 2. The van der Waals surface area contributed by atoms with Crippen molar-refractivity contribution < 1.29 is 19.4 Å². The molecular formula is C18H25NO4. The Morgan fingerprint density at radius 3 is 2.57 bits per heavy atom. The molecule has 1 aromatic carbocycles. The minimum absolute atomic E-state index is 0.0660. The fourth-order valence-electron chi connectivity index (χ4n) is 2.91.